The molecule has 6 atom stereocenters. The molecule has 0 spiro atoms. The van der Waals surface area contributed by atoms with E-state index in [2.05, 4.69) is 105 Å². The van der Waals surface area contributed by atoms with Crippen LogP contribution < -0.4 is 4.74 Å². The van der Waals surface area contributed by atoms with Crippen molar-refractivity contribution in [2.45, 2.75) is 131 Å². The van der Waals surface area contributed by atoms with Crippen molar-refractivity contribution >= 4 is 14.6 Å². The van der Waals surface area contributed by atoms with Crippen LogP contribution in [0.1, 0.15) is 87.6 Å². The minimum atomic E-state index is -2.04. The molecular formula is C40H64O6Si. The van der Waals surface area contributed by atoms with E-state index in [1.807, 2.05) is 38.1 Å². The monoisotopic (exact) mass is 668 g/mol. The topological polar surface area (TPSA) is 63.2 Å². The Morgan fingerprint density at radius 2 is 1.66 bits per heavy atom. The summed E-state index contributed by atoms with van der Waals surface area (Å²) in [6, 6.07) is 7.97. The predicted octanol–water partition coefficient (Wildman–Crippen LogP) is 10.0. The molecule has 264 valence electrons. The molecule has 0 radical (unpaired) electrons. The highest BCUT2D eigenvalue weighted by atomic mass is 28.4. The predicted molar refractivity (Wildman–Crippen MR) is 197 cm³/mol. The van der Waals surface area contributed by atoms with E-state index in [0.29, 0.717) is 19.6 Å². The third-order valence-corrected chi connectivity index (χ3v) is 14.2. The number of rotatable bonds is 17. The van der Waals surface area contributed by atoms with Crippen LogP contribution in [0.3, 0.4) is 0 Å². The van der Waals surface area contributed by atoms with Gasteiger partial charge >= 0.3 is 0 Å². The summed E-state index contributed by atoms with van der Waals surface area (Å²) >= 11 is 0. The van der Waals surface area contributed by atoms with Crippen LogP contribution >= 0.6 is 0 Å². The van der Waals surface area contributed by atoms with Crippen molar-refractivity contribution in [2.24, 2.45) is 17.8 Å². The summed E-state index contributed by atoms with van der Waals surface area (Å²) in [7, 11) is -0.369. The fraction of sp³-hybridized carbons (Fsp3) is 0.625. The summed E-state index contributed by atoms with van der Waals surface area (Å²) < 4.78 is 31.1. The van der Waals surface area contributed by atoms with Crippen LogP contribution in [0.2, 0.25) is 18.1 Å². The van der Waals surface area contributed by atoms with Crippen LogP contribution in [0.25, 0.3) is 0 Å². The molecule has 1 aliphatic rings. The van der Waals surface area contributed by atoms with Crippen molar-refractivity contribution in [3.8, 4) is 5.75 Å². The SMILES string of the molecule is COc1ccc(COC/C=C(\C)[C@@H](O[Si](C)(C)C(C)(C)C)[C@@H](C)/C=C\C=C/[C@@H]2OC(C)(C)O[C@@H]([C@@H](C)/C(C)=C/CCC=O)[C@H]2C)cc1. The molecule has 1 saturated heterocycles. The molecule has 1 fully saturated rings. The number of ether oxygens (including phenoxy) is 4. The number of hydrogen-bond acceptors (Lipinski definition) is 6. The van der Waals surface area contributed by atoms with Crippen molar-refractivity contribution in [1.82, 2.24) is 0 Å². The molecule has 0 bridgehead atoms. The van der Waals surface area contributed by atoms with Gasteiger partial charge < -0.3 is 28.2 Å². The van der Waals surface area contributed by atoms with E-state index in [1.54, 1.807) is 7.11 Å². The highest BCUT2D eigenvalue weighted by molar-refractivity contribution is 6.74. The quantitative estimate of drug-likeness (QED) is 0.0541. The molecule has 0 unspecified atom stereocenters. The molecular weight excluding hydrogens is 605 g/mol. The first-order chi connectivity index (χ1) is 21.9. The first kappa shape index (κ1) is 40.9. The van der Waals surface area contributed by atoms with Gasteiger partial charge in [-0.1, -0.05) is 95.7 Å². The van der Waals surface area contributed by atoms with Crippen molar-refractivity contribution in [3.63, 3.8) is 0 Å². The van der Waals surface area contributed by atoms with Gasteiger partial charge in [-0.3, -0.25) is 0 Å². The van der Waals surface area contributed by atoms with E-state index in [4.69, 9.17) is 23.4 Å². The Hall–Kier alpha value is -2.29. The number of methoxy groups -OCH3 is 1. The summed E-state index contributed by atoms with van der Waals surface area (Å²) in [5.74, 6) is 0.681. The second-order valence-corrected chi connectivity index (χ2v) is 19.9. The van der Waals surface area contributed by atoms with Gasteiger partial charge in [0.25, 0.3) is 0 Å². The normalized spacial score (nSPS) is 23.2. The minimum Gasteiger partial charge on any atom is -0.497 e. The van der Waals surface area contributed by atoms with Gasteiger partial charge in [-0.25, -0.2) is 0 Å². The number of hydrogen-bond donors (Lipinski definition) is 0. The van der Waals surface area contributed by atoms with E-state index in [9.17, 15) is 4.79 Å². The lowest BCUT2D eigenvalue weighted by molar-refractivity contribution is -0.315. The maximum absolute atomic E-state index is 10.8. The summed E-state index contributed by atoms with van der Waals surface area (Å²) in [4.78, 5) is 10.8. The van der Waals surface area contributed by atoms with Crippen LogP contribution in [0.5, 0.6) is 5.75 Å². The molecule has 6 nitrogen and oxygen atoms in total. The van der Waals surface area contributed by atoms with Crippen LogP contribution in [0, 0.1) is 17.8 Å². The van der Waals surface area contributed by atoms with E-state index in [0.717, 1.165) is 24.0 Å². The number of aldehydes is 1. The number of carbonyl (C=O) groups is 1. The van der Waals surface area contributed by atoms with Gasteiger partial charge in [-0.05, 0) is 75.5 Å². The van der Waals surface area contributed by atoms with E-state index < -0.39 is 14.1 Å². The van der Waals surface area contributed by atoms with Gasteiger partial charge in [0.1, 0.15) is 12.0 Å². The molecule has 0 N–H and O–H groups in total. The standard InChI is InChI=1S/C40H64O6Si/c1-29(18-16-17-26-41)32(4)38-33(5)36(44-40(9,10)45-38)20-15-14-19-30(2)37(46-47(12,13)39(6,7)8)31(3)25-27-43-28-34-21-23-35(42-11)24-22-34/h14-15,18-26,30,32-33,36-38H,16-17,27-28H2,1-13H3/b19-14-,20-15-,29-18+,31-25+/t30-,32-,33-,36-,37-,38-/m0/s1. The Kier molecular flexibility index (Phi) is 16.1. The summed E-state index contributed by atoms with van der Waals surface area (Å²) in [6.45, 7) is 27.4. The zero-order valence-corrected chi connectivity index (χ0v) is 32.6. The lowest BCUT2D eigenvalue weighted by Crippen LogP contribution is -2.51. The Balaban J connectivity index is 2.17. The average Bonchev–Trinajstić information content (AvgIpc) is 3.00. The molecule has 0 aromatic heterocycles. The Morgan fingerprint density at radius 1 is 1.00 bits per heavy atom. The highest BCUT2D eigenvalue weighted by Crippen LogP contribution is 2.40. The van der Waals surface area contributed by atoms with Crippen LogP contribution in [0.4, 0.5) is 0 Å². The number of unbranched alkanes of at least 4 members (excludes halogenated alkanes) is 1. The Morgan fingerprint density at radius 3 is 2.26 bits per heavy atom. The molecule has 0 amide bonds. The second kappa shape index (κ2) is 18.5. The Bertz CT molecular complexity index is 1220. The lowest BCUT2D eigenvalue weighted by Gasteiger charge is -2.46. The molecule has 2 rings (SSSR count). The third kappa shape index (κ3) is 12.9. The van der Waals surface area contributed by atoms with Gasteiger partial charge in [0.05, 0.1) is 38.6 Å². The fourth-order valence-corrected chi connectivity index (χ4v) is 6.90. The van der Waals surface area contributed by atoms with Gasteiger partial charge in [-0.2, -0.15) is 0 Å². The van der Waals surface area contributed by atoms with Crippen LogP contribution in [0.15, 0.2) is 71.9 Å². The van der Waals surface area contributed by atoms with Crippen LogP contribution in [-0.4, -0.2) is 52.4 Å². The van der Waals surface area contributed by atoms with Crippen molar-refractivity contribution < 1.29 is 28.2 Å². The Labute approximate surface area is 287 Å². The zero-order valence-electron chi connectivity index (χ0n) is 31.6. The molecule has 1 aromatic carbocycles. The zero-order chi connectivity index (χ0) is 35.4. The van der Waals surface area contributed by atoms with Gasteiger partial charge in [0, 0.05) is 24.2 Å². The smallest absolute Gasteiger partial charge is 0.192 e. The van der Waals surface area contributed by atoms with Crippen molar-refractivity contribution in [1.29, 1.82) is 0 Å². The summed E-state index contributed by atoms with van der Waals surface area (Å²) in [5, 5.41) is 0.0960. The molecule has 0 saturated carbocycles. The molecule has 7 heteroatoms. The summed E-state index contributed by atoms with van der Waals surface area (Å²) in [6.07, 6.45) is 15.1. The summed E-state index contributed by atoms with van der Waals surface area (Å²) in [5.41, 5.74) is 3.55. The van der Waals surface area contributed by atoms with E-state index in [1.165, 1.54) is 11.1 Å². The number of benzene rings is 1. The van der Waals surface area contributed by atoms with Crippen molar-refractivity contribution in [3.05, 3.63) is 77.4 Å². The largest absolute Gasteiger partial charge is 0.497 e. The van der Waals surface area contributed by atoms with E-state index >= 15 is 0 Å². The fourth-order valence-electron chi connectivity index (χ4n) is 5.51. The highest BCUT2D eigenvalue weighted by Gasteiger charge is 2.43. The molecule has 1 aromatic rings. The average molecular weight is 669 g/mol. The molecule has 1 heterocycles. The van der Waals surface area contributed by atoms with Crippen molar-refractivity contribution in [2.75, 3.05) is 13.7 Å². The molecule has 0 aliphatic carbocycles. The first-order valence-electron chi connectivity index (χ1n) is 17.3. The molecule has 1 aliphatic heterocycles. The third-order valence-electron chi connectivity index (χ3n) is 9.77. The van der Waals surface area contributed by atoms with Gasteiger partial charge in [0.2, 0.25) is 0 Å². The minimum absolute atomic E-state index is 0.00544. The van der Waals surface area contributed by atoms with Gasteiger partial charge in [-0.15, -0.1) is 0 Å². The maximum Gasteiger partial charge on any atom is 0.192 e. The lowest BCUT2D eigenvalue weighted by atomic mass is 9.83. The number of allylic oxidation sites excluding steroid dienone is 3. The van der Waals surface area contributed by atoms with E-state index in [-0.39, 0.29) is 41.1 Å². The van der Waals surface area contributed by atoms with Gasteiger partial charge in [0.15, 0.2) is 14.1 Å². The second-order valence-electron chi connectivity index (χ2n) is 15.1. The molecule has 47 heavy (non-hydrogen) atoms. The maximum atomic E-state index is 10.8. The number of carbonyl (C=O) groups excluding carboxylic acids is 1. The van der Waals surface area contributed by atoms with Crippen LogP contribution in [-0.2, 0) is 30.0 Å². The first-order valence-corrected chi connectivity index (χ1v) is 20.2.